The highest BCUT2D eigenvalue weighted by molar-refractivity contribution is 4.96. The van der Waals surface area contributed by atoms with Crippen LogP contribution in [0.5, 0.6) is 0 Å². The average Bonchev–Trinajstić information content (AvgIpc) is 2.83. The highest BCUT2D eigenvalue weighted by Gasteiger charge is 2.17. The summed E-state index contributed by atoms with van der Waals surface area (Å²) < 4.78 is 0. The molecule has 0 bridgehead atoms. The average molecular weight is 223 g/mol. The van der Waals surface area contributed by atoms with Crippen LogP contribution in [0.25, 0.3) is 0 Å². The molecular formula is C13H25N3. The normalized spacial score (nSPS) is 13.2. The predicted molar refractivity (Wildman–Crippen MR) is 68.3 cm³/mol. The summed E-state index contributed by atoms with van der Waals surface area (Å²) >= 11 is 0. The highest BCUT2D eigenvalue weighted by atomic mass is 15.0. The van der Waals surface area contributed by atoms with Crippen molar-refractivity contribution in [3.05, 3.63) is 18.2 Å². The molecule has 0 saturated carbocycles. The largest absolute Gasteiger partial charge is 0.347 e. The van der Waals surface area contributed by atoms with Crippen molar-refractivity contribution in [2.45, 2.75) is 52.5 Å². The fourth-order valence-corrected chi connectivity index (χ4v) is 2.03. The molecular weight excluding hydrogens is 198 g/mol. The summed E-state index contributed by atoms with van der Waals surface area (Å²) in [6.07, 6.45) is 8.59. The van der Waals surface area contributed by atoms with Gasteiger partial charge < -0.3 is 10.3 Å². The van der Waals surface area contributed by atoms with Crippen LogP contribution < -0.4 is 5.32 Å². The number of aromatic amines is 1. The SMILES string of the molecule is CCCNC(CC(CC)CC)c1ncc[nH]1. The van der Waals surface area contributed by atoms with Gasteiger partial charge in [-0.25, -0.2) is 4.98 Å². The van der Waals surface area contributed by atoms with E-state index in [-0.39, 0.29) is 0 Å². The Bertz CT molecular complexity index is 252. The maximum absolute atomic E-state index is 4.37. The second-order valence-corrected chi connectivity index (χ2v) is 4.40. The molecule has 0 aromatic carbocycles. The van der Waals surface area contributed by atoms with Gasteiger partial charge in [0.25, 0.3) is 0 Å². The molecule has 0 fully saturated rings. The van der Waals surface area contributed by atoms with E-state index in [4.69, 9.17) is 0 Å². The van der Waals surface area contributed by atoms with Crippen LogP contribution >= 0.6 is 0 Å². The minimum absolute atomic E-state index is 0.389. The lowest BCUT2D eigenvalue weighted by atomic mass is 9.94. The first-order chi connectivity index (χ1) is 7.81. The Balaban J connectivity index is 2.56. The van der Waals surface area contributed by atoms with Crippen LogP contribution in [0.2, 0.25) is 0 Å². The second-order valence-electron chi connectivity index (χ2n) is 4.40. The maximum Gasteiger partial charge on any atom is 0.123 e. The number of hydrogen-bond donors (Lipinski definition) is 2. The lowest BCUT2D eigenvalue weighted by Gasteiger charge is -2.21. The molecule has 1 aromatic heterocycles. The van der Waals surface area contributed by atoms with Crippen LogP contribution in [-0.4, -0.2) is 16.5 Å². The van der Waals surface area contributed by atoms with E-state index in [1.165, 1.54) is 25.7 Å². The van der Waals surface area contributed by atoms with Gasteiger partial charge in [-0.15, -0.1) is 0 Å². The van der Waals surface area contributed by atoms with Gasteiger partial charge in [-0.05, 0) is 25.3 Å². The van der Waals surface area contributed by atoms with Crippen LogP contribution in [0.4, 0.5) is 0 Å². The Labute approximate surface area is 99.1 Å². The third-order valence-electron chi connectivity index (χ3n) is 3.21. The fraction of sp³-hybridized carbons (Fsp3) is 0.769. The number of nitrogens with zero attached hydrogens (tertiary/aromatic N) is 1. The van der Waals surface area contributed by atoms with Gasteiger partial charge >= 0.3 is 0 Å². The van der Waals surface area contributed by atoms with Crippen molar-refractivity contribution in [2.75, 3.05) is 6.54 Å². The Morgan fingerprint density at radius 3 is 2.56 bits per heavy atom. The van der Waals surface area contributed by atoms with Crippen molar-refractivity contribution in [3.8, 4) is 0 Å². The van der Waals surface area contributed by atoms with E-state index in [0.29, 0.717) is 6.04 Å². The van der Waals surface area contributed by atoms with Gasteiger partial charge in [0.15, 0.2) is 0 Å². The van der Waals surface area contributed by atoms with E-state index in [0.717, 1.165) is 18.3 Å². The van der Waals surface area contributed by atoms with Crippen LogP contribution in [0.3, 0.4) is 0 Å². The zero-order chi connectivity index (χ0) is 11.8. The zero-order valence-electron chi connectivity index (χ0n) is 10.8. The van der Waals surface area contributed by atoms with E-state index in [1.54, 1.807) is 0 Å². The van der Waals surface area contributed by atoms with Gasteiger partial charge in [-0.3, -0.25) is 0 Å². The van der Waals surface area contributed by atoms with Crippen LogP contribution in [0.1, 0.15) is 58.3 Å². The number of imidazole rings is 1. The molecule has 1 atom stereocenters. The molecule has 0 aliphatic heterocycles. The molecule has 0 radical (unpaired) electrons. The molecule has 2 N–H and O–H groups in total. The van der Waals surface area contributed by atoms with Gasteiger partial charge in [0.1, 0.15) is 5.82 Å². The first-order valence-electron chi connectivity index (χ1n) is 6.54. The molecule has 1 unspecified atom stereocenters. The van der Waals surface area contributed by atoms with Gasteiger partial charge in [0, 0.05) is 12.4 Å². The summed E-state index contributed by atoms with van der Waals surface area (Å²) in [6, 6.07) is 0.389. The number of aromatic nitrogens is 2. The molecule has 0 aliphatic carbocycles. The minimum Gasteiger partial charge on any atom is -0.347 e. The van der Waals surface area contributed by atoms with E-state index in [2.05, 4.69) is 36.1 Å². The lowest BCUT2D eigenvalue weighted by molar-refractivity contribution is 0.362. The van der Waals surface area contributed by atoms with Crippen molar-refractivity contribution in [1.29, 1.82) is 0 Å². The molecule has 1 rings (SSSR count). The summed E-state index contributed by atoms with van der Waals surface area (Å²) in [5.74, 6) is 1.87. The number of H-pyrrole nitrogens is 1. The third kappa shape index (κ3) is 3.97. The molecule has 0 amide bonds. The van der Waals surface area contributed by atoms with Crippen molar-refractivity contribution >= 4 is 0 Å². The predicted octanol–water partition coefficient (Wildman–Crippen LogP) is 3.28. The molecule has 92 valence electrons. The summed E-state index contributed by atoms with van der Waals surface area (Å²) in [7, 11) is 0. The molecule has 16 heavy (non-hydrogen) atoms. The van der Waals surface area contributed by atoms with Gasteiger partial charge in [-0.2, -0.15) is 0 Å². The zero-order valence-corrected chi connectivity index (χ0v) is 10.8. The monoisotopic (exact) mass is 223 g/mol. The summed E-state index contributed by atoms with van der Waals surface area (Å²) in [4.78, 5) is 7.60. The van der Waals surface area contributed by atoms with E-state index in [1.807, 2.05) is 12.4 Å². The third-order valence-corrected chi connectivity index (χ3v) is 3.21. The van der Waals surface area contributed by atoms with E-state index in [9.17, 15) is 0 Å². The van der Waals surface area contributed by atoms with Gasteiger partial charge in [-0.1, -0.05) is 33.6 Å². The van der Waals surface area contributed by atoms with Crippen molar-refractivity contribution in [1.82, 2.24) is 15.3 Å². The Hall–Kier alpha value is -0.830. The second kappa shape index (κ2) is 7.44. The molecule has 0 spiro atoms. The van der Waals surface area contributed by atoms with Crippen molar-refractivity contribution in [2.24, 2.45) is 5.92 Å². The smallest absolute Gasteiger partial charge is 0.123 e. The lowest BCUT2D eigenvalue weighted by Crippen LogP contribution is -2.25. The van der Waals surface area contributed by atoms with Gasteiger partial charge in [0.05, 0.1) is 6.04 Å². The number of hydrogen-bond acceptors (Lipinski definition) is 2. The standard InChI is InChI=1S/C13H25N3/c1-4-7-14-12(10-11(5-2)6-3)13-15-8-9-16-13/h8-9,11-12,14H,4-7,10H2,1-3H3,(H,15,16). The summed E-state index contributed by atoms with van der Waals surface area (Å²) in [6.45, 7) is 7.80. The summed E-state index contributed by atoms with van der Waals surface area (Å²) in [5, 5.41) is 3.58. The highest BCUT2D eigenvalue weighted by Crippen LogP contribution is 2.23. The topological polar surface area (TPSA) is 40.7 Å². The summed E-state index contributed by atoms with van der Waals surface area (Å²) in [5.41, 5.74) is 0. The Morgan fingerprint density at radius 1 is 1.31 bits per heavy atom. The first kappa shape index (κ1) is 13.2. The van der Waals surface area contributed by atoms with Crippen LogP contribution in [0.15, 0.2) is 12.4 Å². The molecule has 1 heterocycles. The molecule has 3 nitrogen and oxygen atoms in total. The van der Waals surface area contributed by atoms with Crippen LogP contribution in [-0.2, 0) is 0 Å². The van der Waals surface area contributed by atoms with Crippen molar-refractivity contribution in [3.63, 3.8) is 0 Å². The fourth-order valence-electron chi connectivity index (χ4n) is 2.03. The van der Waals surface area contributed by atoms with E-state index < -0.39 is 0 Å². The molecule has 3 heteroatoms. The Morgan fingerprint density at radius 2 is 2.06 bits per heavy atom. The quantitative estimate of drug-likeness (QED) is 0.710. The van der Waals surface area contributed by atoms with E-state index >= 15 is 0 Å². The minimum atomic E-state index is 0.389. The maximum atomic E-state index is 4.37. The Kier molecular flexibility index (Phi) is 6.16. The first-order valence-corrected chi connectivity index (χ1v) is 6.54. The molecule has 0 aliphatic rings. The number of rotatable bonds is 8. The molecule has 1 aromatic rings. The number of nitrogens with one attached hydrogen (secondary N) is 2. The van der Waals surface area contributed by atoms with Crippen LogP contribution in [0, 0.1) is 5.92 Å². The molecule has 0 saturated heterocycles. The van der Waals surface area contributed by atoms with Crippen molar-refractivity contribution < 1.29 is 0 Å². The van der Waals surface area contributed by atoms with Gasteiger partial charge in [0.2, 0.25) is 0 Å².